The molecule has 3 saturated heterocycles. The van der Waals surface area contributed by atoms with Crippen LogP contribution >= 0.6 is 0 Å². The number of likely N-dealkylation sites (tertiary alicyclic amines) is 3. The molecule has 0 saturated carbocycles. The molecule has 0 spiro atoms. The van der Waals surface area contributed by atoms with E-state index in [1.54, 1.807) is 6.92 Å². The fourth-order valence-electron chi connectivity index (χ4n) is 5.35. The van der Waals surface area contributed by atoms with Gasteiger partial charge in [0.1, 0.15) is 0 Å². The lowest BCUT2D eigenvalue weighted by Gasteiger charge is -2.32. The minimum absolute atomic E-state index is 0.127. The van der Waals surface area contributed by atoms with Crippen LogP contribution < -0.4 is 0 Å². The zero-order chi connectivity index (χ0) is 21.1. The number of rotatable bonds is 4. The Balaban J connectivity index is 1.37. The van der Waals surface area contributed by atoms with Gasteiger partial charge in [-0.05, 0) is 43.1 Å². The van der Waals surface area contributed by atoms with Gasteiger partial charge in [0.05, 0.1) is 6.04 Å². The van der Waals surface area contributed by atoms with Gasteiger partial charge >= 0.3 is 0 Å². The fourth-order valence-corrected chi connectivity index (χ4v) is 5.35. The van der Waals surface area contributed by atoms with Crippen molar-refractivity contribution < 1.29 is 14.4 Å². The summed E-state index contributed by atoms with van der Waals surface area (Å²) in [5.74, 6) is 1.31. The van der Waals surface area contributed by atoms with E-state index in [0.29, 0.717) is 37.8 Å². The number of fused-ring (bicyclic) bond motifs is 1. The summed E-state index contributed by atoms with van der Waals surface area (Å²) in [6.45, 7) is 5.20. The number of carbonyl (C=O) groups excluding carboxylic acids is 3. The summed E-state index contributed by atoms with van der Waals surface area (Å²) >= 11 is 0. The van der Waals surface area contributed by atoms with E-state index >= 15 is 0 Å². The second-order valence-corrected chi connectivity index (χ2v) is 9.18. The van der Waals surface area contributed by atoms with Crippen molar-refractivity contribution in [2.24, 2.45) is 11.8 Å². The van der Waals surface area contributed by atoms with Gasteiger partial charge in [-0.25, -0.2) is 0 Å². The number of hydrogen-bond acceptors (Lipinski definition) is 3. The molecule has 30 heavy (non-hydrogen) atoms. The predicted molar refractivity (Wildman–Crippen MR) is 114 cm³/mol. The monoisotopic (exact) mass is 411 g/mol. The Morgan fingerprint density at radius 2 is 1.73 bits per heavy atom. The highest BCUT2D eigenvalue weighted by atomic mass is 16.2. The third-order valence-corrected chi connectivity index (χ3v) is 7.16. The maximum absolute atomic E-state index is 13.0. The van der Waals surface area contributed by atoms with Crippen LogP contribution in [0, 0.1) is 11.8 Å². The minimum atomic E-state index is 0.127. The number of piperidine rings is 1. The van der Waals surface area contributed by atoms with Crippen molar-refractivity contribution in [3.63, 3.8) is 0 Å². The number of amides is 3. The first-order valence-electron chi connectivity index (χ1n) is 11.4. The van der Waals surface area contributed by atoms with Crippen molar-refractivity contribution in [2.75, 3.05) is 26.2 Å². The van der Waals surface area contributed by atoms with Crippen LogP contribution in [0.4, 0.5) is 0 Å². The molecular weight excluding hydrogens is 378 g/mol. The van der Waals surface area contributed by atoms with Crippen LogP contribution in [0.15, 0.2) is 30.3 Å². The van der Waals surface area contributed by atoms with Gasteiger partial charge in [-0.2, -0.15) is 0 Å². The third kappa shape index (κ3) is 4.68. The predicted octanol–water partition coefficient (Wildman–Crippen LogP) is 2.67. The van der Waals surface area contributed by atoms with Gasteiger partial charge in [0, 0.05) is 52.5 Å². The van der Waals surface area contributed by atoms with Gasteiger partial charge in [0.2, 0.25) is 17.7 Å². The van der Waals surface area contributed by atoms with E-state index in [4.69, 9.17) is 0 Å². The molecule has 3 heterocycles. The Hall–Kier alpha value is -2.37. The molecule has 0 bridgehead atoms. The van der Waals surface area contributed by atoms with Crippen LogP contribution in [-0.2, 0) is 20.9 Å². The van der Waals surface area contributed by atoms with E-state index in [-0.39, 0.29) is 23.8 Å². The Labute approximate surface area is 179 Å². The molecule has 1 aromatic carbocycles. The van der Waals surface area contributed by atoms with Gasteiger partial charge in [0.25, 0.3) is 0 Å². The van der Waals surface area contributed by atoms with Crippen molar-refractivity contribution in [1.82, 2.24) is 14.7 Å². The normalized spacial score (nSPS) is 25.2. The van der Waals surface area contributed by atoms with Gasteiger partial charge < -0.3 is 14.7 Å². The van der Waals surface area contributed by atoms with Crippen LogP contribution in [0.25, 0.3) is 0 Å². The Morgan fingerprint density at radius 1 is 1.00 bits per heavy atom. The second kappa shape index (κ2) is 9.19. The zero-order valence-corrected chi connectivity index (χ0v) is 18.0. The molecule has 3 aliphatic heterocycles. The standard InChI is InChI=1S/C24H33N3O3/c1-18(28)25-12-10-19(11-13-25)14-24(30)26-16-21-8-5-9-23(29)27(22(21)17-26)15-20-6-3-2-4-7-20/h2-4,6-7,19,21-22H,5,8-17H2,1H3/t21-,22+/m1/s1. The number of nitrogens with zero attached hydrogens (tertiary/aromatic N) is 3. The highest BCUT2D eigenvalue weighted by molar-refractivity contribution is 5.79. The minimum Gasteiger partial charge on any atom is -0.343 e. The number of benzene rings is 1. The zero-order valence-electron chi connectivity index (χ0n) is 18.0. The lowest BCUT2D eigenvalue weighted by Crippen LogP contribution is -2.43. The highest BCUT2D eigenvalue weighted by Gasteiger charge is 2.42. The molecule has 3 amide bonds. The maximum Gasteiger partial charge on any atom is 0.223 e. The Kier molecular flexibility index (Phi) is 6.40. The molecule has 3 aliphatic rings. The molecule has 0 radical (unpaired) electrons. The third-order valence-electron chi connectivity index (χ3n) is 7.16. The van der Waals surface area contributed by atoms with Gasteiger partial charge in [-0.3, -0.25) is 14.4 Å². The van der Waals surface area contributed by atoms with E-state index in [2.05, 4.69) is 12.1 Å². The van der Waals surface area contributed by atoms with Crippen LogP contribution in [0.3, 0.4) is 0 Å². The molecule has 0 unspecified atom stereocenters. The van der Waals surface area contributed by atoms with E-state index < -0.39 is 0 Å². The van der Waals surface area contributed by atoms with E-state index in [1.807, 2.05) is 32.9 Å². The van der Waals surface area contributed by atoms with E-state index in [1.165, 1.54) is 0 Å². The summed E-state index contributed by atoms with van der Waals surface area (Å²) in [7, 11) is 0. The first-order chi connectivity index (χ1) is 14.5. The smallest absolute Gasteiger partial charge is 0.223 e. The van der Waals surface area contributed by atoms with Crippen LogP contribution in [0.5, 0.6) is 0 Å². The molecule has 2 atom stereocenters. The summed E-state index contributed by atoms with van der Waals surface area (Å²) in [5, 5.41) is 0. The Bertz CT molecular complexity index is 773. The van der Waals surface area contributed by atoms with Crippen molar-refractivity contribution in [3.05, 3.63) is 35.9 Å². The van der Waals surface area contributed by atoms with E-state index in [9.17, 15) is 14.4 Å². The summed E-state index contributed by atoms with van der Waals surface area (Å²) in [6.07, 6.45) is 4.93. The largest absolute Gasteiger partial charge is 0.343 e. The molecule has 0 N–H and O–H groups in total. The fraction of sp³-hybridized carbons (Fsp3) is 0.625. The Morgan fingerprint density at radius 3 is 2.43 bits per heavy atom. The lowest BCUT2D eigenvalue weighted by molar-refractivity contribution is -0.136. The maximum atomic E-state index is 13.0. The van der Waals surface area contributed by atoms with Crippen LogP contribution in [0.2, 0.25) is 0 Å². The van der Waals surface area contributed by atoms with Gasteiger partial charge in [-0.15, -0.1) is 0 Å². The molecular formula is C24H33N3O3. The quantitative estimate of drug-likeness (QED) is 0.765. The van der Waals surface area contributed by atoms with Crippen molar-refractivity contribution in [2.45, 2.75) is 58.0 Å². The van der Waals surface area contributed by atoms with Gasteiger partial charge in [0.15, 0.2) is 0 Å². The number of carbonyl (C=O) groups is 3. The van der Waals surface area contributed by atoms with Crippen LogP contribution in [-0.4, -0.2) is 64.6 Å². The first-order valence-corrected chi connectivity index (χ1v) is 11.4. The molecule has 6 nitrogen and oxygen atoms in total. The van der Waals surface area contributed by atoms with Crippen molar-refractivity contribution in [1.29, 1.82) is 0 Å². The topological polar surface area (TPSA) is 60.9 Å². The van der Waals surface area contributed by atoms with Crippen molar-refractivity contribution in [3.8, 4) is 0 Å². The molecule has 4 rings (SSSR count). The summed E-state index contributed by atoms with van der Waals surface area (Å²) in [5.41, 5.74) is 1.15. The van der Waals surface area contributed by atoms with Gasteiger partial charge in [-0.1, -0.05) is 30.3 Å². The molecule has 6 heteroatoms. The number of hydrogen-bond donors (Lipinski definition) is 0. The highest BCUT2D eigenvalue weighted by Crippen LogP contribution is 2.33. The average molecular weight is 412 g/mol. The SMILES string of the molecule is CC(=O)N1CCC(CC(=O)N2C[C@H]3CCCC(=O)N(Cc4ccccc4)[C@H]3C2)CC1. The molecule has 162 valence electrons. The first kappa shape index (κ1) is 20.9. The summed E-state index contributed by atoms with van der Waals surface area (Å²) < 4.78 is 0. The average Bonchev–Trinajstić information content (AvgIpc) is 3.11. The lowest BCUT2D eigenvalue weighted by atomic mass is 9.93. The molecule has 0 aromatic heterocycles. The van der Waals surface area contributed by atoms with Crippen LogP contribution in [0.1, 0.15) is 51.0 Å². The molecule has 1 aromatic rings. The second-order valence-electron chi connectivity index (χ2n) is 9.18. The molecule has 0 aliphatic carbocycles. The van der Waals surface area contributed by atoms with E-state index in [0.717, 1.165) is 50.9 Å². The molecule has 3 fully saturated rings. The summed E-state index contributed by atoms with van der Waals surface area (Å²) in [4.78, 5) is 43.3. The summed E-state index contributed by atoms with van der Waals surface area (Å²) in [6, 6.07) is 10.3. The van der Waals surface area contributed by atoms with Crippen molar-refractivity contribution >= 4 is 17.7 Å².